The summed E-state index contributed by atoms with van der Waals surface area (Å²) in [7, 11) is 0. The van der Waals surface area contributed by atoms with E-state index in [4.69, 9.17) is 0 Å². The maximum atomic E-state index is 12.4. The molecule has 0 aliphatic heterocycles. The van der Waals surface area contributed by atoms with Crippen LogP contribution in [0, 0.1) is 6.92 Å². The van der Waals surface area contributed by atoms with Crippen molar-refractivity contribution >= 4 is 38.4 Å². The van der Waals surface area contributed by atoms with Crippen molar-refractivity contribution in [2.45, 2.75) is 6.92 Å². The summed E-state index contributed by atoms with van der Waals surface area (Å²) >= 11 is 3.41. The van der Waals surface area contributed by atoms with Gasteiger partial charge in [0.25, 0.3) is 5.91 Å². The third-order valence-electron chi connectivity index (χ3n) is 3.21. The summed E-state index contributed by atoms with van der Waals surface area (Å²) < 4.78 is 0.777. The van der Waals surface area contributed by atoms with Gasteiger partial charge in [-0.3, -0.25) is 9.78 Å². The number of anilines is 1. The number of rotatable bonds is 2. The number of nitrogens with one attached hydrogen (secondary N) is 1. The van der Waals surface area contributed by atoms with Crippen LogP contribution in [0.3, 0.4) is 0 Å². The number of para-hydroxylation sites is 1. The highest BCUT2D eigenvalue weighted by Gasteiger charge is 2.11. The lowest BCUT2D eigenvalue weighted by atomic mass is 10.1. The average Bonchev–Trinajstić information content (AvgIpc) is 2.49. The van der Waals surface area contributed by atoms with Crippen molar-refractivity contribution in [1.29, 1.82) is 0 Å². The SMILES string of the molecule is Cc1ccc(Br)c(C(=O)Nc2cnc3ccccc3c2)c1. The Morgan fingerprint density at radius 2 is 1.95 bits per heavy atom. The van der Waals surface area contributed by atoms with Crippen LogP contribution < -0.4 is 5.32 Å². The minimum Gasteiger partial charge on any atom is -0.321 e. The first kappa shape index (κ1) is 13.8. The average molecular weight is 341 g/mol. The topological polar surface area (TPSA) is 42.0 Å². The third kappa shape index (κ3) is 2.95. The Morgan fingerprint density at radius 1 is 1.14 bits per heavy atom. The molecule has 0 aliphatic rings. The van der Waals surface area contributed by atoms with Crippen molar-refractivity contribution in [2.75, 3.05) is 5.32 Å². The molecule has 0 saturated heterocycles. The fourth-order valence-corrected chi connectivity index (χ4v) is 2.58. The van der Waals surface area contributed by atoms with E-state index >= 15 is 0 Å². The zero-order valence-electron chi connectivity index (χ0n) is 11.4. The van der Waals surface area contributed by atoms with Gasteiger partial charge >= 0.3 is 0 Å². The Balaban J connectivity index is 1.90. The van der Waals surface area contributed by atoms with Gasteiger partial charge in [-0.05, 0) is 47.1 Å². The van der Waals surface area contributed by atoms with Crippen molar-refractivity contribution in [1.82, 2.24) is 4.98 Å². The summed E-state index contributed by atoms with van der Waals surface area (Å²) in [6.07, 6.45) is 1.67. The highest BCUT2D eigenvalue weighted by Crippen LogP contribution is 2.21. The molecule has 0 spiro atoms. The number of carbonyl (C=O) groups excluding carboxylic acids is 1. The van der Waals surface area contributed by atoms with Crippen LogP contribution in [-0.2, 0) is 0 Å². The molecule has 1 amide bonds. The Kier molecular flexibility index (Phi) is 3.71. The van der Waals surface area contributed by atoms with Gasteiger partial charge in [0.1, 0.15) is 0 Å². The van der Waals surface area contributed by atoms with Crippen LogP contribution in [0.4, 0.5) is 5.69 Å². The summed E-state index contributed by atoms with van der Waals surface area (Å²) in [6.45, 7) is 1.96. The molecule has 3 nitrogen and oxygen atoms in total. The van der Waals surface area contributed by atoms with Gasteiger partial charge in [0.05, 0.1) is 23.0 Å². The molecule has 0 atom stereocenters. The number of halogens is 1. The van der Waals surface area contributed by atoms with Gasteiger partial charge in [-0.25, -0.2) is 0 Å². The lowest BCUT2D eigenvalue weighted by molar-refractivity contribution is 0.102. The molecule has 1 heterocycles. The molecule has 0 saturated carbocycles. The maximum absolute atomic E-state index is 12.4. The first-order valence-electron chi connectivity index (χ1n) is 6.56. The van der Waals surface area contributed by atoms with Crippen LogP contribution in [0.1, 0.15) is 15.9 Å². The molecule has 0 fully saturated rings. The van der Waals surface area contributed by atoms with Gasteiger partial charge in [-0.15, -0.1) is 0 Å². The summed E-state index contributed by atoms with van der Waals surface area (Å²) in [6, 6.07) is 15.4. The molecular weight excluding hydrogens is 328 g/mol. The Labute approximate surface area is 131 Å². The molecule has 1 N–H and O–H groups in total. The summed E-state index contributed by atoms with van der Waals surface area (Å²) in [5.41, 5.74) is 3.25. The number of benzene rings is 2. The third-order valence-corrected chi connectivity index (χ3v) is 3.91. The predicted octanol–water partition coefficient (Wildman–Crippen LogP) is 4.56. The largest absolute Gasteiger partial charge is 0.321 e. The molecule has 1 aromatic heterocycles. The second-order valence-corrected chi connectivity index (χ2v) is 5.71. The van der Waals surface area contributed by atoms with Crippen LogP contribution in [0.5, 0.6) is 0 Å². The lowest BCUT2D eigenvalue weighted by Gasteiger charge is -2.08. The molecule has 0 aliphatic carbocycles. The normalized spacial score (nSPS) is 10.6. The van der Waals surface area contributed by atoms with E-state index < -0.39 is 0 Å². The van der Waals surface area contributed by atoms with Gasteiger partial charge in [0, 0.05) is 9.86 Å². The molecule has 0 radical (unpaired) electrons. The highest BCUT2D eigenvalue weighted by molar-refractivity contribution is 9.10. The lowest BCUT2D eigenvalue weighted by Crippen LogP contribution is -2.13. The number of pyridine rings is 1. The Hall–Kier alpha value is -2.20. The number of nitrogens with zero attached hydrogens (tertiary/aromatic N) is 1. The second kappa shape index (κ2) is 5.66. The molecule has 3 rings (SSSR count). The van der Waals surface area contributed by atoms with Crippen LogP contribution in [0.2, 0.25) is 0 Å². The molecule has 0 bridgehead atoms. The van der Waals surface area contributed by atoms with Crippen molar-refractivity contribution in [3.8, 4) is 0 Å². The van der Waals surface area contributed by atoms with Gasteiger partial charge < -0.3 is 5.32 Å². The van der Waals surface area contributed by atoms with E-state index in [0.717, 1.165) is 20.9 Å². The summed E-state index contributed by atoms with van der Waals surface area (Å²) in [5.74, 6) is -0.150. The van der Waals surface area contributed by atoms with Crippen LogP contribution >= 0.6 is 15.9 Å². The van der Waals surface area contributed by atoms with Gasteiger partial charge in [-0.1, -0.05) is 29.8 Å². The summed E-state index contributed by atoms with van der Waals surface area (Å²) in [5, 5.41) is 3.89. The van der Waals surface area contributed by atoms with Crippen molar-refractivity contribution in [2.24, 2.45) is 0 Å². The van der Waals surface area contributed by atoms with Gasteiger partial charge in [0.15, 0.2) is 0 Å². The maximum Gasteiger partial charge on any atom is 0.256 e. The van der Waals surface area contributed by atoms with Gasteiger partial charge in [0.2, 0.25) is 0 Å². The van der Waals surface area contributed by atoms with Crippen molar-refractivity contribution in [3.05, 3.63) is 70.3 Å². The van der Waals surface area contributed by atoms with Crippen molar-refractivity contribution in [3.63, 3.8) is 0 Å². The van der Waals surface area contributed by atoms with E-state index in [0.29, 0.717) is 11.3 Å². The zero-order valence-corrected chi connectivity index (χ0v) is 13.0. The molecule has 104 valence electrons. The fourth-order valence-electron chi connectivity index (χ4n) is 2.15. The number of amides is 1. The van der Waals surface area contributed by atoms with Crippen LogP contribution in [0.15, 0.2) is 59.2 Å². The minimum absolute atomic E-state index is 0.150. The molecule has 21 heavy (non-hydrogen) atoms. The number of carbonyl (C=O) groups is 1. The molecule has 3 aromatic rings. The molecule has 2 aromatic carbocycles. The molecule has 0 unspecified atom stereocenters. The smallest absolute Gasteiger partial charge is 0.256 e. The second-order valence-electron chi connectivity index (χ2n) is 4.85. The predicted molar refractivity (Wildman–Crippen MR) is 88.6 cm³/mol. The van der Waals surface area contributed by atoms with E-state index in [1.54, 1.807) is 6.20 Å². The fraction of sp³-hybridized carbons (Fsp3) is 0.0588. The van der Waals surface area contributed by atoms with E-state index in [9.17, 15) is 4.79 Å². The van der Waals surface area contributed by atoms with E-state index in [1.807, 2.05) is 55.5 Å². The van der Waals surface area contributed by atoms with E-state index in [2.05, 4.69) is 26.2 Å². The zero-order chi connectivity index (χ0) is 14.8. The van der Waals surface area contributed by atoms with Crippen molar-refractivity contribution < 1.29 is 4.79 Å². The standard InChI is InChI=1S/C17H13BrN2O/c1-11-6-7-15(18)14(8-11)17(21)20-13-9-12-4-2-3-5-16(12)19-10-13/h2-10H,1H3,(H,20,21). The van der Waals surface area contributed by atoms with E-state index in [1.165, 1.54) is 0 Å². The molecule has 4 heteroatoms. The number of aromatic nitrogens is 1. The number of aryl methyl sites for hydroxylation is 1. The van der Waals surface area contributed by atoms with Crippen LogP contribution in [-0.4, -0.2) is 10.9 Å². The quantitative estimate of drug-likeness (QED) is 0.743. The first-order chi connectivity index (χ1) is 10.1. The number of fused-ring (bicyclic) bond motifs is 1. The monoisotopic (exact) mass is 340 g/mol. The Bertz CT molecular complexity index is 830. The Morgan fingerprint density at radius 3 is 2.81 bits per heavy atom. The number of hydrogen-bond donors (Lipinski definition) is 1. The summed E-state index contributed by atoms with van der Waals surface area (Å²) in [4.78, 5) is 16.7. The number of hydrogen-bond acceptors (Lipinski definition) is 2. The first-order valence-corrected chi connectivity index (χ1v) is 7.35. The van der Waals surface area contributed by atoms with Gasteiger partial charge in [-0.2, -0.15) is 0 Å². The van der Waals surface area contributed by atoms with Crippen LogP contribution in [0.25, 0.3) is 10.9 Å². The highest BCUT2D eigenvalue weighted by atomic mass is 79.9. The minimum atomic E-state index is -0.150. The molecular formula is C17H13BrN2O. The van der Waals surface area contributed by atoms with E-state index in [-0.39, 0.29) is 5.91 Å².